The van der Waals surface area contributed by atoms with E-state index >= 15 is 0 Å². The Bertz CT molecular complexity index is 487. The first-order valence-electron chi connectivity index (χ1n) is 6.15. The van der Waals surface area contributed by atoms with Crippen molar-refractivity contribution < 1.29 is 9.18 Å². The lowest BCUT2D eigenvalue weighted by Crippen LogP contribution is -2.20. The summed E-state index contributed by atoms with van der Waals surface area (Å²) in [6.07, 6.45) is 5.27. The number of benzene rings is 1. The number of nitrogens with zero attached hydrogens (tertiary/aromatic N) is 2. The van der Waals surface area contributed by atoms with E-state index in [1.165, 1.54) is 6.07 Å². The molecule has 4 heteroatoms. The standard InChI is InChI=1S/C14H17FN2O/c1-17(2)13-6-5-11(9-12(13)15)14(16-10-18)7-3-4-8-14/h5-6,9H,3-4,7-8H2,1-2H3. The fraction of sp³-hybridized carbons (Fsp3) is 0.500. The quantitative estimate of drug-likeness (QED) is 0.608. The fourth-order valence-corrected chi connectivity index (χ4v) is 2.67. The molecule has 2 rings (SSSR count). The van der Waals surface area contributed by atoms with Gasteiger partial charge in [0, 0.05) is 14.1 Å². The van der Waals surface area contributed by atoms with Gasteiger partial charge in [-0.1, -0.05) is 18.9 Å². The van der Waals surface area contributed by atoms with Gasteiger partial charge in [0.2, 0.25) is 6.08 Å². The number of hydrogen-bond donors (Lipinski definition) is 0. The zero-order valence-electron chi connectivity index (χ0n) is 10.7. The number of hydrogen-bond acceptors (Lipinski definition) is 3. The van der Waals surface area contributed by atoms with Gasteiger partial charge in [-0.05, 0) is 30.5 Å². The Hall–Kier alpha value is -1.67. The van der Waals surface area contributed by atoms with E-state index in [1.54, 1.807) is 31.1 Å². The number of anilines is 1. The smallest absolute Gasteiger partial charge is 0.235 e. The molecule has 18 heavy (non-hydrogen) atoms. The lowest BCUT2D eigenvalue weighted by molar-refractivity contribution is 0.452. The van der Waals surface area contributed by atoms with Gasteiger partial charge in [0.25, 0.3) is 0 Å². The van der Waals surface area contributed by atoms with E-state index in [0.717, 1.165) is 31.2 Å². The van der Waals surface area contributed by atoms with Gasteiger partial charge in [0.15, 0.2) is 0 Å². The summed E-state index contributed by atoms with van der Waals surface area (Å²) in [5.41, 5.74) is 0.779. The van der Waals surface area contributed by atoms with Crippen molar-refractivity contribution in [1.29, 1.82) is 0 Å². The maximum atomic E-state index is 14.0. The number of isocyanates is 1. The Kier molecular flexibility index (Phi) is 3.48. The van der Waals surface area contributed by atoms with Gasteiger partial charge in [-0.3, -0.25) is 0 Å². The minimum absolute atomic E-state index is 0.273. The third-order valence-corrected chi connectivity index (χ3v) is 3.66. The molecule has 0 bridgehead atoms. The van der Waals surface area contributed by atoms with E-state index in [4.69, 9.17) is 0 Å². The molecule has 0 radical (unpaired) electrons. The topological polar surface area (TPSA) is 32.7 Å². The summed E-state index contributed by atoms with van der Waals surface area (Å²) in [6.45, 7) is 0. The van der Waals surface area contributed by atoms with Crippen molar-refractivity contribution >= 4 is 11.8 Å². The number of rotatable bonds is 3. The van der Waals surface area contributed by atoms with E-state index in [0.29, 0.717) is 5.69 Å². The highest BCUT2D eigenvalue weighted by molar-refractivity contribution is 5.50. The highest BCUT2D eigenvalue weighted by atomic mass is 19.1. The summed E-state index contributed by atoms with van der Waals surface area (Å²) in [5.74, 6) is -0.273. The largest absolute Gasteiger partial charge is 0.375 e. The molecule has 0 aliphatic heterocycles. The van der Waals surface area contributed by atoms with Gasteiger partial charge in [-0.25, -0.2) is 9.18 Å². The van der Waals surface area contributed by atoms with Crippen molar-refractivity contribution in [3.05, 3.63) is 29.6 Å². The summed E-state index contributed by atoms with van der Waals surface area (Å²) >= 11 is 0. The van der Waals surface area contributed by atoms with Crippen LogP contribution in [0.5, 0.6) is 0 Å². The van der Waals surface area contributed by atoms with Crippen LogP contribution in [0.15, 0.2) is 23.2 Å². The number of carbonyl (C=O) groups excluding carboxylic acids is 1. The van der Waals surface area contributed by atoms with Crippen LogP contribution in [0.4, 0.5) is 10.1 Å². The molecule has 1 aromatic rings. The summed E-state index contributed by atoms with van der Waals surface area (Å²) < 4.78 is 14.0. The second-order valence-electron chi connectivity index (χ2n) is 5.00. The minimum atomic E-state index is -0.548. The molecule has 96 valence electrons. The van der Waals surface area contributed by atoms with Gasteiger partial charge in [-0.15, -0.1) is 0 Å². The Morgan fingerprint density at radius 1 is 1.33 bits per heavy atom. The van der Waals surface area contributed by atoms with Crippen molar-refractivity contribution in [2.24, 2.45) is 4.99 Å². The van der Waals surface area contributed by atoms with Crippen LogP contribution in [0.2, 0.25) is 0 Å². The first-order valence-corrected chi connectivity index (χ1v) is 6.15. The predicted molar refractivity (Wildman–Crippen MR) is 69.0 cm³/mol. The zero-order valence-corrected chi connectivity index (χ0v) is 10.7. The van der Waals surface area contributed by atoms with E-state index < -0.39 is 5.54 Å². The molecule has 1 saturated carbocycles. The molecule has 0 saturated heterocycles. The average molecular weight is 248 g/mol. The van der Waals surface area contributed by atoms with Crippen LogP contribution in [-0.2, 0) is 10.3 Å². The third kappa shape index (κ3) is 2.16. The van der Waals surface area contributed by atoms with Crippen molar-refractivity contribution in [2.45, 2.75) is 31.2 Å². The Balaban J connectivity index is 2.44. The molecular formula is C14H17FN2O. The molecule has 0 amide bonds. The maximum absolute atomic E-state index is 14.0. The summed E-state index contributed by atoms with van der Waals surface area (Å²) in [5, 5.41) is 0. The van der Waals surface area contributed by atoms with Crippen molar-refractivity contribution in [3.8, 4) is 0 Å². The van der Waals surface area contributed by atoms with Gasteiger partial charge in [0.1, 0.15) is 5.82 Å². The fourth-order valence-electron chi connectivity index (χ4n) is 2.67. The molecule has 0 unspecified atom stereocenters. The van der Waals surface area contributed by atoms with E-state index in [-0.39, 0.29) is 5.82 Å². The van der Waals surface area contributed by atoms with E-state index in [2.05, 4.69) is 4.99 Å². The van der Waals surface area contributed by atoms with Crippen LogP contribution in [0.3, 0.4) is 0 Å². The first-order chi connectivity index (χ1) is 8.59. The lowest BCUT2D eigenvalue weighted by Gasteiger charge is -2.24. The normalized spacial score (nSPS) is 17.3. The highest BCUT2D eigenvalue weighted by Gasteiger charge is 2.36. The van der Waals surface area contributed by atoms with Gasteiger partial charge >= 0.3 is 0 Å². The van der Waals surface area contributed by atoms with Crippen molar-refractivity contribution in [3.63, 3.8) is 0 Å². The Morgan fingerprint density at radius 3 is 2.50 bits per heavy atom. The number of halogens is 1. The van der Waals surface area contributed by atoms with E-state index in [1.807, 2.05) is 6.07 Å². The van der Waals surface area contributed by atoms with Gasteiger partial charge in [0.05, 0.1) is 11.2 Å². The van der Waals surface area contributed by atoms with Gasteiger partial charge < -0.3 is 4.90 Å². The predicted octanol–water partition coefficient (Wildman–Crippen LogP) is 3.00. The monoisotopic (exact) mass is 248 g/mol. The van der Waals surface area contributed by atoms with Crippen LogP contribution in [0.1, 0.15) is 31.2 Å². The second kappa shape index (κ2) is 4.91. The van der Waals surface area contributed by atoms with Crippen LogP contribution >= 0.6 is 0 Å². The average Bonchev–Trinajstić information content (AvgIpc) is 2.78. The molecule has 0 aromatic heterocycles. The van der Waals surface area contributed by atoms with Crippen LogP contribution in [0.25, 0.3) is 0 Å². The number of aliphatic imine (C=N–C) groups is 1. The first kappa shape index (κ1) is 12.8. The molecule has 0 spiro atoms. The van der Waals surface area contributed by atoms with Crippen molar-refractivity contribution in [1.82, 2.24) is 0 Å². The zero-order chi connectivity index (χ0) is 13.2. The maximum Gasteiger partial charge on any atom is 0.235 e. The van der Waals surface area contributed by atoms with Gasteiger partial charge in [-0.2, -0.15) is 4.99 Å². The third-order valence-electron chi connectivity index (χ3n) is 3.66. The summed E-state index contributed by atoms with van der Waals surface area (Å²) in [6, 6.07) is 5.11. The van der Waals surface area contributed by atoms with E-state index in [9.17, 15) is 9.18 Å². The molecule has 3 nitrogen and oxygen atoms in total. The Labute approximate surface area is 106 Å². The van der Waals surface area contributed by atoms with Crippen LogP contribution in [-0.4, -0.2) is 20.2 Å². The molecule has 1 aromatic carbocycles. The van der Waals surface area contributed by atoms with Crippen LogP contribution < -0.4 is 4.90 Å². The second-order valence-corrected chi connectivity index (χ2v) is 5.00. The van der Waals surface area contributed by atoms with Crippen LogP contribution in [0, 0.1) is 5.82 Å². The molecule has 1 aliphatic rings. The lowest BCUT2D eigenvalue weighted by atomic mass is 9.88. The molecular weight excluding hydrogens is 231 g/mol. The molecule has 1 fully saturated rings. The molecule has 0 N–H and O–H groups in total. The molecule has 0 heterocycles. The SMILES string of the molecule is CN(C)c1ccc(C2(N=C=O)CCCC2)cc1F. The summed E-state index contributed by atoms with van der Waals surface area (Å²) in [4.78, 5) is 16.3. The minimum Gasteiger partial charge on any atom is -0.375 e. The Morgan fingerprint density at radius 2 is 2.00 bits per heavy atom. The highest BCUT2D eigenvalue weighted by Crippen LogP contribution is 2.42. The van der Waals surface area contributed by atoms with Crippen molar-refractivity contribution in [2.75, 3.05) is 19.0 Å². The molecule has 1 aliphatic carbocycles. The molecule has 0 atom stereocenters. The summed E-state index contributed by atoms with van der Waals surface area (Å²) in [7, 11) is 3.60.